The second kappa shape index (κ2) is 10.5. The van der Waals surface area contributed by atoms with Crippen molar-refractivity contribution in [3.63, 3.8) is 0 Å². The smallest absolute Gasteiger partial charge is 0.490 e. The highest BCUT2D eigenvalue weighted by Crippen LogP contribution is 2.31. The van der Waals surface area contributed by atoms with Crippen LogP contribution < -0.4 is 15.0 Å². The minimum absolute atomic E-state index is 0.228. The predicted molar refractivity (Wildman–Crippen MR) is 111 cm³/mol. The highest BCUT2D eigenvalue weighted by Gasteiger charge is 2.44. The first-order valence-corrected chi connectivity index (χ1v) is 11.1. The fraction of sp³-hybridized carbons (Fsp3) is 0.381. The van der Waals surface area contributed by atoms with Crippen molar-refractivity contribution in [2.75, 3.05) is 13.1 Å². The second-order valence-electron chi connectivity index (χ2n) is 7.41. The highest BCUT2D eigenvalue weighted by atomic mass is 32.2. The van der Waals surface area contributed by atoms with Gasteiger partial charge in [0.1, 0.15) is 17.6 Å². The normalized spacial score (nSPS) is 18.2. The van der Waals surface area contributed by atoms with Crippen LogP contribution in [0.3, 0.4) is 0 Å². The van der Waals surface area contributed by atoms with E-state index < -0.39 is 28.1 Å². The molecule has 2 N–H and O–H groups in total. The van der Waals surface area contributed by atoms with Gasteiger partial charge in [0.15, 0.2) is 15.8 Å². The Morgan fingerprint density at radius 3 is 2.18 bits per heavy atom. The molecule has 12 heteroatoms. The maximum atomic E-state index is 13.0. The van der Waals surface area contributed by atoms with Crippen molar-refractivity contribution >= 4 is 17.0 Å². The summed E-state index contributed by atoms with van der Waals surface area (Å²) in [7, 11) is 0. The summed E-state index contributed by atoms with van der Waals surface area (Å²) in [6.45, 7) is 2.10. The summed E-state index contributed by atoms with van der Waals surface area (Å²) in [5.74, 6) is -0.819. The molecule has 2 unspecified atom stereocenters. The number of carbonyl (C=O) groups is 1. The third kappa shape index (κ3) is 6.44. The first kappa shape index (κ1) is 25.0. The SMILES string of the molecule is CC(C(=O)NO)(c1ccccc1)S(=O)ON1CCC(Oc2ccc(OC(F)(F)F)cc2)CC1. The van der Waals surface area contributed by atoms with Crippen LogP contribution >= 0.6 is 0 Å². The Labute approximate surface area is 190 Å². The monoisotopic (exact) mass is 488 g/mol. The Bertz CT molecular complexity index is 953. The number of alkyl halides is 3. The van der Waals surface area contributed by atoms with Crippen LogP contribution in [-0.4, -0.2) is 45.9 Å². The van der Waals surface area contributed by atoms with Gasteiger partial charge < -0.3 is 9.47 Å². The minimum Gasteiger partial charge on any atom is -0.490 e. The number of hydrogen-bond donors (Lipinski definition) is 2. The molecule has 2 aromatic carbocycles. The van der Waals surface area contributed by atoms with E-state index >= 15 is 0 Å². The Morgan fingerprint density at radius 1 is 1.06 bits per heavy atom. The lowest BCUT2D eigenvalue weighted by molar-refractivity contribution is -0.274. The summed E-state index contributed by atoms with van der Waals surface area (Å²) in [6.07, 6.45) is -4.00. The number of hydroxylamine groups is 3. The van der Waals surface area contributed by atoms with Crippen molar-refractivity contribution in [3.8, 4) is 11.5 Å². The van der Waals surface area contributed by atoms with E-state index in [-0.39, 0.29) is 11.9 Å². The van der Waals surface area contributed by atoms with Gasteiger partial charge in [-0.05, 0) is 49.6 Å². The zero-order valence-corrected chi connectivity index (χ0v) is 18.4. The summed E-state index contributed by atoms with van der Waals surface area (Å²) in [5.41, 5.74) is 1.96. The van der Waals surface area contributed by atoms with E-state index in [1.807, 2.05) is 0 Å². The van der Waals surface area contributed by atoms with Crippen LogP contribution in [0.25, 0.3) is 0 Å². The zero-order chi connectivity index (χ0) is 24.1. The molecule has 1 saturated heterocycles. The number of nitrogens with zero attached hydrogens (tertiary/aromatic N) is 1. The van der Waals surface area contributed by atoms with Crippen molar-refractivity contribution < 1.29 is 41.1 Å². The van der Waals surface area contributed by atoms with Crippen LogP contribution in [0, 0.1) is 0 Å². The molecule has 0 radical (unpaired) electrons. The first-order valence-electron chi connectivity index (χ1n) is 9.99. The van der Waals surface area contributed by atoms with Gasteiger partial charge in [0.05, 0.1) is 0 Å². The minimum atomic E-state index is -4.76. The van der Waals surface area contributed by atoms with Crippen molar-refractivity contribution in [2.24, 2.45) is 0 Å². The van der Waals surface area contributed by atoms with E-state index in [4.69, 9.17) is 14.2 Å². The quantitative estimate of drug-likeness (QED) is 0.434. The van der Waals surface area contributed by atoms with E-state index in [0.29, 0.717) is 37.2 Å². The number of rotatable bonds is 8. The zero-order valence-electron chi connectivity index (χ0n) is 17.6. The molecule has 0 bridgehead atoms. The number of ether oxygens (including phenoxy) is 2. The molecule has 0 aliphatic carbocycles. The Kier molecular flexibility index (Phi) is 7.95. The standard InChI is InChI=1S/C21H23F3N2O6S/c1-20(19(27)25-28,15-5-3-2-4-6-15)33(29)32-26-13-11-17(12-14-26)30-16-7-9-18(10-8-16)31-21(22,23)24/h2-10,17,28H,11-14H2,1H3,(H,25,27). The van der Waals surface area contributed by atoms with Crippen LogP contribution in [0.15, 0.2) is 54.6 Å². The topological polar surface area (TPSA) is 97.3 Å². The number of carbonyl (C=O) groups excluding carboxylic acids is 1. The van der Waals surface area contributed by atoms with Crippen molar-refractivity contribution in [2.45, 2.75) is 37.0 Å². The van der Waals surface area contributed by atoms with Crippen LogP contribution in [0.5, 0.6) is 11.5 Å². The molecular weight excluding hydrogens is 465 g/mol. The summed E-state index contributed by atoms with van der Waals surface area (Å²) in [4.78, 5) is 12.3. The summed E-state index contributed by atoms with van der Waals surface area (Å²) in [6, 6.07) is 13.4. The molecule has 1 heterocycles. The fourth-order valence-electron chi connectivity index (χ4n) is 3.27. The van der Waals surface area contributed by atoms with Gasteiger partial charge in [0.2, 0.25) is 0 Å². The van der Waals surface area contributed by atoms with E-state index in [9.17, 15) is 22.2 Å². The molecule has 1 aliphatic heterocycles. The number of halogens is 3. The van der Waals surface area contributed by atoms with Gasteiger partial charge in [-0.15, -0.1) is 13.2 Å². The molecule has 8 nitrogen and oxygen atoms in total. The molecular formula is C21H23F3N2O6S. The first-order chi connectivity index (χ1) is 15.6. The van der Waals surface area contributed by atoms with E-state index in [0.717, 1.165) is 0 Å². The lowest BCUT2D eigenvalue weighted by Gasteiger charge is -2.33. The largest absolute Gasteiger partial charge is 0.573 e. The van der Waals surface area contributed by atoms with Crippen LogP contribution in [-0.2, 0) is 24.9 Å². The molecule has 1 aliphatic rings. The van der Waals surface area contributed by atoms with Crippen LogP contribution in [0.2, 0.25) is 0 Å². The lowest BCUT2D eigenvalue weighted by atomic mass is 10.00. The van der Waals surface area contributed by atoms with Crippen molar-refractivity contribution in [1.29, 1.82) is 0 Å². The molecule has 1 fully saturated rings. The number of amides is 1. The van der Waals surface area contributed by atoms with Crippen molar-refractivity contribution in [1.82, 2.24) is 10.5 Å². The average Bonchev–Trinajstić information content (AvgIpc) is 2.80. The van der Waals surface area contributed by atoms with Crippen LogP contribution in [0.4, 0.5) is 13.2 Å². The van der Waals surface area contributed by atoms with Crippen LogP contribution in [0.1, 0.15) is 25.3 Å². The summed E-state index contributed by atoms with van der Waals surface area (Å²) >= 11 is -2.15. The fourth-order valence-corrected chi connectivity index (χ4v) is 4.29. The molecule has 33 heavy (non-hydrogen) atoms. The van der Waals surface area contributed by atoms with E-state index in [1.165, 1.54) is 36.3 Å². The predicted octanol–water partition coefficient (Wildman–Crippen LogP) is 3.44. The van der Waals surface area contributed by atoms with Gasteiger partial charge >= 0.3 is 6.36 Å². The summed E-state index contributed by atoms with van der Waals surface area (Å²) < 4.78 is 63.3. The third-order valence-corrected chi connectivity index (χ3v) is 6.56. The summed E-state index contributed by atoms with van der Waals surface area (Å²) in [5, 5.41) is 10.6. The van der Waals surface area contributed by atoms with Gasteiger partial charge in [-0.3, -0.25) is 10.0 Å². The molecule has 2 atom stereocenters. The molecule has 1 amide bonds. The molecule has 0 saturated carbocycles. The number of nitrogens with one attached hydrogen (secondary N) is 1. The maximum absolute atomic E-state index is 13.0. The Morgan fingerprint density at radius 2 is 1.64 bits per heavy atom. The maximum Gasteiger partial charge on any atom is 0.573 e. The molecule has 2 aromatic rings. The number of benzene rings is 2. The van der Waals surface area contributed by atoms with Gasteiger partial charge in [0, 0.05) is 13.1 Å². The van der Waals surface area contributed by atoms with Gasteiger partial charge in [0.25, 0.3) is 5.91 Å². The molecule has 3 rings (SSSR count). The number of piperidine rings is 1. The van der Waals surface area contributed by atoms with Gasteiger partial charge in [-0.25, -0.2) is 9.69 Å². The Hall–Kier alpha value is -2.67. The van der Waals surface area contributed by atoms with Gasteiger partial charge in [-0.2, -0.15) is 9.35 Å². The Balaban J connectivity index is 1.55. The average molecular weight is 488 g/mol. The molecule has 180 valence electrons. The number of hydrogen-bond acceptors (Lipinski definition) is 7. The highest BCUT2D eigenvalue weighted by molar-refractivity contribution is 7.82. The van der Waals surface area contributed by atoms with Gasteiger partial charge in [-0.1, -0.05) is 30.3 Å². The molecule has 0 aromatic heterocycles. The third-order valence-electron chi connectivity index (χ3n) is 5.13. The van der Waals surface area contributed by atoms with Crippen molar-refractivity contribution in [3.05, 3.63) is 60.2 Å². The lowest BCUT2D eigenvalue weighted by Crippen LogP contribution is -2.47. The van der Waals surface area contributed by atoms with E-state index in [2.05, 4.69) is 4.74 Å². The molecule has 0 spiro atoms. The van der Waals surface area contributed by atoms with E-state index in [1.54, 1.807) is 35.8 Å². The second-order valence-corrected chi connectivity index (χ2v) is 8.85.